The average molecular weight is 412 g/mol. The Balaban J connectivity index is 1.55. The number of benzene rings is 2. The van der Waals surface area contributed by atoms with Gasteiger partial charge < -0.3 is 16.2 Å². The second-order valence-corrected chi connectivity index (χ2v) is 7.23. The third kappa shape index (κ3) is 3.33. The number of carbonyl (C=O) groups excluding carboxylic acids is 1. The fourth-order valence-corrected chi connectivity index (χ4v) is 3.77. The number of carbonyl (C=O) groups is 1. The van der Waals surface area contributed by atoms with Crippen LogP contribution in [0.15, 0.2) is 72.9 Å². The number of aromatic nitrogens is 3. The highest BCUT2D eigenvalue weighted by Gasteiger charge is 2.30. The molecule has 4 aromatic rings. The van der Waals surface area contributed by atoms with E-state index in [1.54, 1.807) is 41.4 Å². The highest BCUT2D eigenvalue weighted by Crippen LogP contribution is 2.39. The molecule has 4 N–H and O–H groups in total. The van der Waals surface area contributed by atoms with E-state index in [4.69, 9.17) is 5.73 Å². The molecule has 2 amide bonds. The van der Waals surface area contributed by atoms with Gasteiger partial charge in [-0.2, -0.15) is 5.10 Å². The van der Waals surface area contributed by atoms with Crippen LogP contribution in [0.4, 0.5) is 22.0 Å². The molecule has 0 fully saturated rings. The Labute approximate surface area is 178 Å². The standard InChI is InChI=1S/C23H20N6O2/c24-15-6-4-7-16(14-15)26-23(31)28-13-11-19-20(18-10-5-12-25-21(18)28)27-29(22(19)30)17-8-2-1-3-9-17/h1-10,12,14,30H,11,13,24H2,(H,26,31). The first-order valence-corrected chi connectivity index (χ1v) is 9.87. The number of aromatic hydroxyl groups is 1. The summed E-state index contributed by atoms with van der Waals surface area (Å²) in [6, 6.07) is 19.8. The summed E-state index contributed by atoms with van der Waals surface area (Å²) >= 11 is 0. The van der Waals surface area contributed by atoms with Crippen molar-refractivity contribution in [3.05, 3.63) is 78.5 Å². The monoisotopic (exact) mass is 412 g/mol. The Hall–Kier alpha value is -4.33. The summed E-state index contributed by atoms with van der Waals surface area (Å²) in [6.07, 6.45) is 2.06. The molecule has 1 aliphatic rings. The number of hydrogen-bond donors (Lipinski definition) is 3. The summed E-state index contributed by atoms with van der Waals surface area (Å²) in [6.45, 7) is 0.333. The largest absolute Gasteiger partial charge is 0.493 e. The first-order valence-electron chi connectivity index (χ1n) is 9.87. The molecular weight excluding hydrogens is 392 g/mol. The predicted octanol–water partition coefficient (Wildman–Crippen LogP) is 3.82. The van der Waals surface area contributed by atoms with Crippen molar-refractivity contribution in [3.63, 3.8) is 0 Å². The van der Waals surface area contributed by atoms with Crippen LogP contribution in [0.1, 0.15) is 5.56 Å². The van der Waals surface area contributed by atoms with Gasteiger partial charge in [0, 0.05) is 35.2 Å². The van der Waals surface area contributed by atoms with Crippen molar-refractivity contribution >= 4 is 23.2 Å². The summed E-state index contributed by atoms with van der Waals surface area (Å²) in [7, 11) is 0. The summed E-state index contributed by atoms with van der Waals surface area (Å²) in [5, 5.41) is 18.5. The van der Waals surface area contributed by atoms with Crippen LogP contribution in [-0.4, -0.2) is 32.4 Å². The Morgan fingerprint density at radius 3 is 2.71 bits per heavy atom. The molecule has 0 saturated heterocycles. The number of nitrogens with one attached hydrogen (secondary N) is 1. The molecule has 31 heavy (non-hydrogen) atoms. The van der Waals surface area contributed by atoms with Gasteiger partial charge >= 0.3 is 6.03 Å². The minimum Gasteiger partial charge on any atom is -0.493 e. The Kier molecular flexibility index (Phi) is 4.51. The van der Waals surface area contributed by atoms with Gasteiger partial charge in [-0.3, -0.25) is 4.90 Å². The van der Waals surface area contributed by atoms with E-state index in [0.717, 1.165) is 5.69 Å². The molecule has 3 heterocycles. The van der Waals surface area contributed by atoms with Gasteiger partial charge in [-0.15, -0.1) is 0 Å². The SMILES string of the molecule is Nc1cccc(NC(=O)N2CCc3c(nn(-c4ccccc4)c3O)-c3cccnc32)c1. The van der Waals surface area contributed by atoms with E-state index in [1.165, 1.54) is 4.68 Å². The lowest BCUT2D eigenvalue weighted by molar-refractivity contribution is 0.257. The van der Waals surface area contributed by atoms with Crippen LogP contribution in [0.3, 0.4) is 0 Å². The van der Waals surface area contributed by atoms with Crippen LogP contribution in [0.5, 0.6) is 5.88 Å². The predicted molar refractivity (Wildman–Crippen MR) is 119 cm³/mol. The molecule has 0 spiro atoms. The van der Waals surface area contributed by atoms with Crippen LogP contribution in [0.25, 0.3) is 16.9 Å². The van der Waals surface area contributed by atoms with Crippen molar-refractivity contribution in [2.24, 2.45) is 0 Å². The molecule has 1 aliphatic heterocycles. The lowest BCUT2D eigenvalue weighted by Gasteiger charge is -2.22. The van der Waals surface area contributed by atoms with Gasteiger partial charge in [-0.05, 0) is 48.9 Å². The lowest BCUT2D eigenvalue weighted by Crippen LogP contribution is -2.37. The number of urea groups is 1. The number of rotatable bonds is 2. The maximum absolute atomic E-state index is 13.1. The first-order chi connectivity index (χ1) is 15.1. The number of anilines is 3. The minimum atomic E-state index is -0.328. The molecule has 2 aromatic carbocycles. The van der Waals surface area contributed by atoms with Crippen LogP contribution in [-0.2, 0) is 6.42 Å². The van der Waals surface area contributed by atoms with E-state index in [2.05, 4.69) is 15.4 Å². The molecule has 0 radical (unpaired) electrons. The molecule has 0 atom stereocenters. The van der Waals surface area contributed by atoms with Crippen molar-refractivity contribution in [2.75, 3.05) is 22.5 Å². The van der Waals surface area contributed by atoms with E-state index >= 15 is 0 Å². The molecule has 2 aromatic heterocycles. The quantitative estimate of drug-likeness (QED) is 0.434. The van der Waals surface area contributed by atoms with Crippen molar-refractivity contribution in [2.45, 2.75) is 6.42 Å². The van der Waals surface area contributed by atoms with Crippen LogP contribution >= 0.6 is 0 Å². The second kappa shape index (κ2) is 7.49. The normalized spacial score (nSPS) is 12.6. The van der Waals surface area contributed by atoms with E-state index in [9.17, 15) is 9.90 Å². The number of para-hydroxylation sites is 1. The first kappa shape index (κ1) is 18.7. The Morgan fingerprint density at radius 1 is 1.06 bits per heavy atom. The molecule has 8 nitrogen and oxygen atoms in total. The van der Waals surface area contributed by atoms with Crippen LogP contribution in [0.2, 0.25) is 0 Å². The Morgan fingerprint density at radius 2 is 1.90 bits per heavy atom. The van der Waals surface area contributed by atoms with E-state index in [1.807, 2.05) is 36.4 Å². The molecule has 0 aliphatic carbocycles. The average Bonchev–Trinajstić information content (AvgIpc) is 3.01. The maximum Gasteiger partial charge on any atom is 0.327 e. The Bertz CT molecular complexity index is 1270. The van der Waals surface area contributed by atoms with Gasteiger partial charge in [-0.25, -0.2) is 14.5 Å². The third-order valence-electron chi connectivity index (χ3n) is 5.22. The summed E-state index contributed by atoms with van der Waals surface area (Å²) < 4.78 is 1.52. The van der Waals surface area contributed by atoms with Gasteiger partial charge in [0.25, 0.3) is 0 Å². The fourth-order valence-electron chi connectivity index (χ4n) is 3.77. The number of nitrogens with two attached hydrogens (primary N) is 1. The highest BCUT2D eigenvalue weighted by atomic mass is 16.3. The smallest absolute Gasteiger partial charge is 0.327 e. The third-order valence-corrected chi connectivity index (χ3v) is 5.22. The van der Waals surface area contributed by atoms with Gasteiger partial charge in [-0.1, -0.05) is 24.3 Å². The van der Waals surface area contributed by atoms with Gasteiger partial charge in [0.15, 0.2) is 0 Å². The summed E-state index contributed by atoms with van der Waals surface area (Å²) in [5.74, 6) is 0.550. The van der Waals surface area contributed by atoms with Crippen LogP contribution < -0.4 is 16.0 Å². The van der Waals surface area contributed by atoms with Crippen molar-refractivity contribution < 1.29 is 9.90 Å². The van der Waals surface area contributed by atoms with Gasteiger partial charge in [0.05, 0.1) is 5.69 Å². The lowest BCUT2D eigenvalue weighted by atomic mass is 10.1. The van der Waals surface area contributed by atoms with Crippen molar-refractivity contribution in [1.82, 2.24) is 14.8 Å². The highest BCUT2D eigenvalue weighted by molar-refractivity contribution is 6.04. The second-order valence-electron chi connectivity index (χ2n) is 7.23. The molecule has 0 unspecified atom stereocenters. The molecule has 5 rings (SSSR count). The van der Waals surface area contributed by atoms with Gasteiger partial charge in [0.1, 0.15) is 11.5 Å². The minimum absolute atomic E-state index is 0.0640. The molecule has 154 valence electrons. The van der Waals surface area contributed by atoms with Crippen molar-refractivity contribution in [1.29, 1.82) is 0 Å². The van der Waals surface area contributed by atoms with Gasteiger partial charge in [0.2, 0.25) is 5.88 Å². The van der Waals surface area contributed by atoms with Crippen molar-refractivity contribution in [3.8, 4) is 22.8 Å². The topological polar surface area (TPSA) is 109 Å². The maximum atomic E-state index is 13.1. The zero-order valence-electron chi connectivity index (χ0n) is 16.6. The molecule has 0 bridgehead atoms. The van der Waals surface area contributed by atoms with E-state index < -0.39 is 0 Å². The number of nitrogen functional groups attached to an aromatic ring is 1. The number of hydrogen-bond acceptors (Lipinski definition) is 5. The fraction of sp³-hybridized carbons (Fsp3) is 0.0870. The molecular formula is C23H20N6O2. The number of pyridine rings is 1. The zero-order chi connectivity index (χ0) is 21.4. The number of amides is 2. The van der Waals surface area contributed by atoms with Crippen LogP contribution in [0, 0.1) is 0 Å². The number of nitrogens with zero attached hydrogens (tertiary/aromatic N) is 4. The molecule has 8 heteroatoms. The summed E-state index contributed by atoms with van der Waals surface area (Å²) in [4.78, 5) is 19.1. The molecule has 0 saturated carbocycles. The van der Waals surface area contributed by atoms with E-state index in [0.29, 0.717) is 47.0 Å². The van der Waals surface area contributed by atoms with E-state index in [-0.39, 0.29) is 11.9 Å². The zero-order valence-corrected chi connectivity index (χ0v) is 16.6. The number of fused-ring (bicyclic) bond motifs is 3. The summed E-state index contributed by atoms with van der Waals surface area (Å²) in [5.41, 5.74) is 9.72.